The van der Waals surface area contributed by atoms with E-state index >= 15 is 0 Å². The molecule has 0 saturated carbocycles. The summed E-state index contributed by atoms with van der Waals surface area (Å²) in [7, 11) is 1.81. The fourth-order valence-corrected chi connectivity index (χ4v) is 1.57. The van der Waals surface area contributed by atoms with Crippen LogP contribution in [0.25, 0.3) is 0 Å². The van der Waals surface area contributed by atoms with Gasteiger partial charge >= 0.3 is 6.03 Å². The quantitative estimate of drug-likeness (QED) is 0.779. The molecule has 0 unspecified atom stereocenters. The summed E-state index contributed by atoms with van der Waals surface area (Å²) in [6, 6.07) is 3.92. The predicted octanol–water partition coefficient (Wildman–Crippen LogP) is 1.98. The second-order valence-corrected chi connectivity index (χ2v) is 3.67. The predicted molar refractivity (Wildman–Crippen MR) is 64.0 cm³/mol. The van der Waals surface area contributed by atoms with Crippen molar-refractivity contribution in [3.05, 3.63) is 30.1 Å². The van der Waals surface area contributed by atoms with Crippen LogP contribution in [0.1, 0.15) is 19.4 Å². The van der Waals surface area contributed by atoms with Crippen LogP contribution in [0.5, 0.6) is 0 Å². The minimum atomic E-state index is 0.0638. The molecule has 0 aromatic carbocycles. The number of pyridine rings is 1. The minimum Gasteiger partial charge on any atom is -0.325 e. The topological polar surface area (TPSA) is 36.4 Å². The van der Waals surface area contributed by atoms with E-state index in [1.165, 1.54) is 0 Å². The Kier molecular flexibility index (Phi) is 4.76. The van der Waals surface area contributed by atoms with Crippen molar-refractivity contribution in [1.82, 2.24) is 14.8 Å². The summed E-state index contributed by atoms with van der Waals surface area (Å²) in [5, 5.41) is 0. The number of hydrogen-bond donors (Lipinski definition) is 0. The molecule has 0 radical (unpaired) electrons. The van der Waals surface area contributed by atoms with E-state index in [0.29, 0.717) is 6.54 Å². The highest BCUT2D eigenvalue weighted by atomic mass is 16.2. The van der Waals surface area contributed by atoms with Crippen molar-refractivity contribution >= 4 is 6.03 Å². The van der Waals surface area contributed by atoms with Gasteiger partial charge in [-0.25, -0.2) is 4.79 Å². The molecule has 1 heterocycles. The van der Waals surface area contributed by atoms with Gasteiger partial charge in [-0.3, -0.25) is 4.98 Å². The van der Waals surface area contributed by atoms with Crippen molar-refractivity contribution in [2.75, 3.05) is 20.1 Å². The zero-order valence-corrected chi connectivity index (χ0v) is 10.2. The van der Waals surface area contributed by atoms with Crippen LogP contribution < -0.4 is 0 Å². The van der Waals surface area contributed by atoms with Gasteiger partial charge in [0.05, 0.1) is 0 Å². The van der Waals surface area contributed by atoms with Gasteiger partial charge < -0.3 is 9.80 Å². The Morgan fingerprint density at radius 3 is 2.56 bits per heavy atom. The molecule has 0 spiro atoms. The number of nitrogens with zero attached hydrogens (tertiary/aromatic N) is 3. The van der Waals surface area contributed by atoms with E-state index < -0.39 is 0 Å². The number of rotatable bonds is 4. The Labute approximate surface area is 96.9 Å². The molecular weight excluding hydrogens is 202 g/mol. The smallest absolute Gasteiger partial charge is 0.320 e. The number of urea groups is 1. The first-order valence-corrected chi connectivity index (χ1v) is 5.58. The Morgan fingerprint density at radius 1 is 1.38 bits per heavy atom. The Bertz CT molecular complexity index is 322. The summed E-state index contributed by atoms with van der Waals surface area (Å²) >= 11 is 0. The maximum Gasteiger partial charge on any atom is 0.320 e. The maximum atomic E-state index is 11.9. The summed E-state index contributed by atoms with van der Waals surface area (Å²) in [5.74, 6) is 0. The highest BCUT2D eigenvalue weighted by molar-refractivity contribution is 5.74. The van der Waals surface area contributed by atoms with Gasteiger partial charge in [0.25, 0.3) is 0 Å². The lowest BCUT2D eigenvalue weighted by Gasteiger charge is -2.26. The molecule has 0 atom stereocenters. The minimum absolute atomic E-state index is 0.0638. The van der Waals surface area contributed by atoms with Gasteiger partial charge in [-0.2, -0.15) is 0 Å². The first-order chi connectivity index (χ1) is 7.69. The number of hydrogen-bond acceptors (Lipinski definition) is 2. The lowest BCUT2D eigenvalue weighted by Crippen LogP contribution is -2.40. The molecular formula is C12H19N3O. The lowest BCUT2D eigenvalue weighted by atomic mass is 10.3. The highest BCUT2D eigenvalue weighted by Gasteiger charge is 2.14. The van der Waals surface area contributed by atoms with Gasteiger partial charge in [0.15, 0.2) is 0 Å². The largest absolute Gasteiger partial charge is 0.325 e. The zero-order valence-electron chi connectivity index (χ0n) is 10.2. The van der Waals surface area contributed by atoms with Crippen molar-refractivity contribution < 1.29 is 4.79 Å². The monoisotopic (exact) mass is 221 g/mol. The van der Waals surface area contributed by atoms with E-state index in [4.69, 9.17) is 0 Å². The molecule has 0 N–H and O–H groups in total. The maximum absolute atomic E-state index is 11.9. The van der Waals surface area contributed by atoms with Crippen LogP contribution in [-0.2, 0) is 6.54 Å². The van der Waals surface area contributed by atoms with Crippen LogP contribution in [0.2, 0.25) is 0 Å². The molecule has 1 aromatic rings. The molecule has 0 saturated heterocycles. The number of aromatic nitrogens is 1. The average Bonchev–Trinajstić information content (AvgIpc) is 2.31. The summed E-state index contributed by atoms with van der Waals surface area (Å²) in [6.07, 6.45) is 3.52. The number of carbonyl (C=O) groups excluding carboxylic acids is 1. The third-order valence-electron chi connectivity index (χ3n) is 2.50. The summed E-state index contributed by atoms with van der Waals surface area (Å²) in [4.78, 5) is 19.5. The Balaban J connectivity index is 2.58. The first kappa shape index (κ1) is 12.5. The van der Waals surface area contributed by atoms with Crippen LogP contribution in [0.4, 0.5) is 4.79 Å². The molecule has 0 bridgehead atoms. The Morgan fingerprint density at radius 2 is 2.06 bits per heavy atom. The summed E-state index contributed by atoms with van der Waals surface area (Å²) in [6.45, 7) is 6.06. The van der Waals surface area contributed by atoms with Crippen molar-refractivity contribution in [1.29, 1.82) is 0 Å². The normalized spacial score (nSPS) is 9.94. The van der Waals surface area contributed by atoms with Crippen LogP contribution in [0.15, 0.2) is 24.5 Å². The van der Waals surface area contributed by atoms with Gasteiger partial charge in [-0.15, -0.1) is 0 Å². The van der Waals surface area contributed by atoms with Crippen molar-refractivity contribution in [3.8, 4) is 0 Å². The molecule has 0 fully saturated rings. The van der Waals surface area contributed by atoms with E-state index in [0.717, 1.165) is 18.7 Å². The van der Waals surface area contributed by atoms with Gasteiger partial charge in [0, 0.05) is 39.1 Å². The molecule has 4 nitrogen and oxygen atoms in total. The van der Waals surface area contributed by atoms with Crippen LogP contribution in [0.3, 0.4) is 0 Å². The summed E-state index contributed by atoms with van der Waals surface area (Å²) < 4.78 is 0. The van der Waals surface area contributed by atoms with Crippen molar-refractivity contribution in [3.63, 3.8) is 0 Å². The first-order valence-electron chi connectivity index (χ1n) is 5.58. The van der Waals surface area contributed by atoms with E-state index in [1.807, 2.05) is 33.0 Å². The van der Waals surface area contributed by atoms with Crippen LogP contribution in [0, 0.1) is 0 Å². The average molecular weight is 221 g/mol. The molecule has 1 rings (SSSR count). The number of carbonyl (C=O) groups is 1. The third-order valence-corrected chi connectivity index (χ3v) is 2.50. The van der Waals surface area contributed by atoms with Crippen molar-refractivity contribution in [2.24, 2.45) is 0 Å². The molecule has 16 heavy (non-hydrogen) atoms. The van der Waals surface area contributed by atoms with E-state index in [2.05, 4.69) is 4.98 Å². The fourth-order valence-electron chi connectivity index (χ4n) is 1.57. The summed E-state index contributed by atoms with van der Waals surface area (Å²) in [5.41, 5.74) is 1.05. The SMILES string of the molecule is CCN(CC)C(=O)N(C)Cc1cccnc1. The van der Waals surface area contributed by atoms with Crippen LogP contribution >= 0.6 is 0 Å². The third kappa shape index (κ3) is 3.22. The van der Waals surface area contributed by atoms with Crippen molar-refractivity contribution in [2.45, 2.75) is 20.4 Å². The molecule has 4 heteroatoms. The second kappa shape index (κ2) is 6.10. The van der Waals surface area contributed by atoms with Crippen LogP contribution in [-0.4, -0.2) is 41.0 Å². The molecule has 0 aliphatic rings. The molecule has 2 amide bonds. The lowest BCUT2D eigenvalue weighted by molar-refractivity contribution is 0.165. The van der Waals surface area contributed by atoms with E-state index in [1.54, 1.807) is 22.2 Å². The van der Waals surface area contributed by atoms with Gasteiger partial charge in [0.2, 0.25) is 0 Å². The zero-order chi connectivity index (χ0) is 12.0. The van der Waals surface area contributed by atoms with E-state index in [9.17, 15) is 4.79 Å². The second-order valence-electron chi connectivity index (χ2n) is 3.67. The van der Waals surface area contributed by atoms with Gasteiger partial charge in [-0.05, 0) is 25.5 Å². The molecule has 1 aromatic heterocycles. The number of amides is 2. The Hall–Kier alpha value is -1.58. The molecule has 0 aliphatic carbocycles. The molecule has 0 aliphatic heterocycles. The molecule has 88 valence electrons. The fraction of sp³-hybridized carbons (Fsp3) is 0.500. The van der Waals surface area contributed by atoms with Gasteiger partial charge in [0.1, 0.15) is 0 Å². The highest BCUT2D eigenvalue weighted by Crippen LogP contribution is 2.04. The van der Waals surface area contributed by atoms with E-state index in [-0.39, 0.29) is 6.03 Å². The standard InChI is InChI=1S/C12H19N3O/c1-4-15(5-2)12(16)14(3)10-11-7-6-8-13-9-11/h6-9H,4-5,10H2,1-3H3. The van der Waals surface area contributed by atoms with Gasteiger partial charge in [-0.1, -0.05) is 6.07 Å².